The fourth-order valence-electron chi connectivity index (χ4n) is 0. The van der Waals surface area contributed by atoms with E-state index in [1.807, 2.05) is 0 Å². The van der Waals surface area contributed by atoms with Crippen LogP contribution in [-0.4, -0.2) is 22.5 Å². The van der Waals surface area contributed by atoms with Gasteiger partial charge >= 0.3 is 16.5 Å². The second-order valence-corrected chi connectivity index (χ2v) is 0.657. The first-order valence-corrected chi connectivity index (χ1v) is 1.43. The zero-order valence-electron chi connectivity index (χ0n) is 4.25. The molecule has 62 valence electrons. The van der Waals surface area contributed by atoms with E-state index in [-0.39, 0.29) is 16.5 Å². The van der Waals surface area contributed by atoms with Gasteiger partial charge in [-0.15, -0.1) is 0 Å². The largest absolute Gasteiger partial charge is 2.00 e. The van der Waals surface area contributed by atoms with E-state index in [1.165, 1.54) is 0 Å². The summed E-state index contributed by atoms with van der Waals surface area (Å²) in [6.07, 6.45) is 0. The van der Waals surface area contributed by atoms with Crippen LogP contribution in [0.3, 0.4) is 0 Å². The van der Waals surface area contributed by atoms with Gasteiger partial charge in [-0.1, -0.05) is 5.04 Å². The van der Waals surface area contributed by atoms with Crippen LogP contribution in [0.2, 0.25) is 0 Å². The molecule has 0 rings (SSSR count). The summed E-state index contributed by atoms with van der Waals surface area (Å²) >= 11 is 0. The van der Waals surface area contributed by atoms with Gasteiger partial charge in [-0.2, -0.15) is 0 Å². The van der Waals surface area contributed by atoms with Crippen LogP contribution in [0.5, 0.6) is 0 Å². The summed E-state index contributed by atoms with van der Waals surface area (Å²) in [6.45, 7) is 0. The number of carbonyl (C=O) groups excluding carboxylic acids is 2. The average molecular weight is 197 g/mol. The van der Waals surface area contributed by atoms with Crippen LogP contribution in [0.15, 0.2) is 0 Å². The third-order valence-corrected chi connectivity index (χ3v) is 0.167. The van der Waals surface area contributed by atoms with Gasteiger partial charge in [-0.3, -0.25) is 0 Å². The summed E-state index contributed by atoms with van der Waals surface area (Å²) in [6, 6.07) is 0. The molecule has 0 bridgehead atoms. The molecule has 0 aromatic heterocycles. The SMILES string of the molecule is O=C([O-])C(=O)[O-].OOO.[Ni+2]. The Morgan fingerprint density at radius 2 is 1.20 bits per heavy atom. The van der Waals surface area contributed by atoms with Gasteiger partial charge in [0.15, 0.2) is 0 Å². The number of carboxylic acid groups (broad SMARTS) is 2. The summed E-state index contributed by atoms with van der Waals surface area (Å²) in [7, 11) is 0. The topological polar surface area (TPSA) is 130 Å². The molecule has 0 spiro atoms. The summed E-state index contributed by atoms with van der Waals surface area (Å²) in [5, 5.41) is 33.4. The van der Waals surface area contributed by atoms with Gasteiger partial charge in [0.1, 0.15) is 0 Å². The molecule has 0 aliphatic carbocycles. The first kappa shape index (κ1) is 16.1. The fourth-order valence-corrected chi connectivity index (χ4v) is 0. The van der Waals surface area contributed by atoms with Gasteiger partial charge in [0.05, 0.1) is 11.9 Å². The summed E-state index contributed by atoms with van der Waals surface area (Å²) in [4.78, 5) is 17.9. The van der Waals surface area contributed by atoms with E-state index in [0.29, 0.717) is 0 Å². The van der Waals surface area contributed by atoms with Crippen LogP contribution < -0.4 is 10.2 Å². The molecule has 10 heavy (non-hydrogen) atoms. The number of rotatable bonds is 0. The molecule has 0 saturated carbocycles. The summed E-state index contributed by atoms with van der Waals surface area (Å²) in [5.41, 5.74) is 0. The minimum Gasteiger partial charge on any atom is -0.543 e. The molecule has 0 saturated heterocycles. The minimum atomic E-state index is -2.19. The van der Waals surface area contributed by atoms with E-state index >= 15 is 0 Å². The molecule has 2 N–H and O–H groups in total. The number of carboxylic acids is 2. The van der Waals surface area contributed by atoms with E-state index in [2.05, 4.69) is 5.04 Å². The van der Waals surface area contributed by atoms with Crippen LogP contribution >= 0.6 is 0 Å². The predicted octanol–water partition coefficient (Wildman–Crippen LogP) is -3.57. The van der Waals surface area contributed by atoms with E-state index in [9.17, 15) is 0 Å². The molecular formula is C2H2NiO7. The Balaban J connectivity index is -0.000000107. The van der Waals surface area contributed by atoms with Crippen molar-refractivity contribution >= 4 is 11.9 Å². The maximum atomic E-state index is 8.93. The minimum absolute atomic E-state index is 0. The Morgan fingerprint density at radius 3 is 1.20 bits per heavy atom. The van der Waals surface area contributed by atoms with E-state index in [0.717, 1.165) is 0 Å². The molecule has 0 aromatic rings. The smallest absolute Gasteiger partial charge is 0.543 e. The Kier molecular flexibility index (Phi) is 18.0. The molecule has 0 heterocycles. The van der Waals surface area contributed by atoms with Crippen LogP contribution in [0.1, 0.15) is 0 Å². The standard InChI is InChI=1S/C2H2O4.Ni.H2O3/c3-1(4)2(5)6;;1-3-2/h(H,3,4)(H,5,6);;1-2H/q;+2;/p-2. The van der Waals surface area contributed by atoms with Crippen LogP contribution in [-0.2, 0) is 31.1 Å². The van der Waals surface area contributed by atoms with Gasteiger partial charge in [0.2, 0.25) is 0 Å². The Morgan fingerprint density at radius 1 is 1.10 bits per heavy atom. The summed E-state index contributed by atoms with van der Waals surface area (Å²) < 4.78 is 0. The molecule has 0 fully saturated rings. The summed E-state index contributed by atoms with van der Waals surface area (Å²) in [5.74, 6) is -4.37. The van der Waals surface area contributed by atoms with E-state index < -0.39 is 11.9 Å². The maximum Gasteiger partial charge on any atom is 2.00 e. The zero-order chi connectivity index (χ0) is 7.86. The predicted molar refractivity (Wildman–Crippen MR) is 16.4 cm³/mol. The monoisotopic (exact) mass is 196 g/mol. The third kappa shape index (κ3) is 26.6. The van der Waals surface area contributed by atoms with Crippen molar-refractivity contribution in [2.24, 2.45) is 0 Å². The van der Waals surface area contributed by atoms with Gasteiger partial charge in [-0.25, -0.2) is 10.5 Å². The zero-order valence-corrected chi connectivity index (χ0v) is 5.24. The van der Waals surface area contributed by atoms with Gasteiger partial charge < -0.3 is 19.8 Å². The van der Waals surface area contributed by atoms with Crippen molar-refractivity contribution in [1.82, 2.24) is 0 Å². The number of hydrogen-bond acceptors (Lipinski definition) is 7. The second-order valence-electron chi connectivity index (χ2n) is 0.657. The van der Waals surface area contributed by atoms with E-state index in [4.69, 9.17) is 30.3 Å². The van der Waals surface area contributed by atoms with Crippen molar-refractivity contribution in [3.8, 4) is 0 Å². The fraction of sp³-hybridized carbons (Fsp3) is 0. The van der Waals surface area contributed by atoms with Crippen molar-refractivity contribution in [1.29, 1.82) is 0 Å². The van der Waals surface area contributed by atoms with Crippen LogP contribution in [0, 0.1) is 0 Å². The molecule has 7 nitrogen and oxygen atoms in total. The molecule has 0 aliphatic rings. The first-order chi connectivity index (χ1) is 4.06. The van der Waals surface area contributed by atoms with Gasteiger partial charge in [0.25, 0.3) is 0 Å². The van der Waals surface area contributed by atoms with Crippen molar-refractivity contribution in [3.05, 3.63) is 0 Å². The molecule has 0 aromatic carbocycles. The average Bonchev–Trinajstić information content (AvgIpc) is 1.68. The molecular weight excluding hydrogens is 195 g/mol. The normalized spacial score (nSPS) is 6.20. The third-order valence-electron chi connectivity index (χ3n) is 0.167. The van der Waals surface area contributed by atoms with E-state index in [1.54, 1.807) is 0 Å². The maximum absolute atomic E-state index is 8.93. The Bertz CT molecular complexity index is 87.8. The molecule has 0 radical (unpaired) electrons. The molecule has 0 atom stereocenters. The quantitative estimate of drug-likeness (QED) is 0.177. The van der Waals surface area contributed by atoms with Gasteiger partial charge in [0, 0.05) is 0 Å². The first-order valence-electron chi connectivity index (χ1n) is 1.43. The molecule has 0 amide bonds. The Labute approximate surface area is 64.6 Å². The van der Waals surface area contributed by atoms with Crippen molar-refractivity contribution in [2.75, 3.05) is 0 Å². The van der Waals surface area contributed by atoms with Crippen LogP contribution in [0.25, 0.3) is 0 Å². The number of aliphatic carboxylic acids is 2. The number of carbonyl (C=O) groups is 2. The van der Waals surface area contributed by atoms with Gasteiger partial charge in [-0.05, 0) is 0 Å². The van der Waals surface area contributed by atoms with Crippen molar-refractivity contribution in [3.63, 3.8) is 0 Å². The molecule has 8 heteroatoms. The Hall–Kier alpha value is -0.686. The molecule has 0 unspecified atom stereocenters. The number of hydrogen-bond donors (Lipinski definition) is 2. The van der Waals surface area contributed by atoms with Crippen molar-refractivity contribution in [2.45, 2.75) is 0 Å². The molecule has 0 aliphatic heterocycles. The van der Waals surface area contributed by atoms with Crippen molar-refractivity contribution < 1.29 is 51.8 Å². The second kappa shape index (κ2) is 11.2. The van der Waals surface area contributed by atoms with Crippen LogP contribution in [0.4, 0.5) is 0 Å².